The lowest BCUT2D eigenvalue weighted by atomic mass is 9.78. The number of benzene rings is 6. The molecular formula is C48H43NO. The van der Waals surface area contributed by atoms with E-state index in [1.54, 1.807) is 5.56 Å². The predicted molar refractivity (Wildman–Crippen MR) is 209 cm³/mol. The maximum atomic E-state index is 6.26. The van der Waals surface area contributed by atoms with Gasteiger partial charge in [-0.15, -0.1) is 0 Å². The predicted octanol–water partition coefficient (Wildman–Crippen LogP) is 13.5. The molecule has 0 spiro atoms. The number of para-hydroxylation sites is 1. The zero-order valence-corrected chi connectivity index (χ0v) is 29.5. The smallest absolute Gasteiger partial charge is 0.135 e. The lowest BCUT2D eigenvalue weighted by molar-refractivity contribution is 0.419. The molecule has 2 saturated carbocycles. The fourth-order valence-corrected chi connectivity index (χ4v) is 9.99. The number of nitrogens with zero attached hydrogens (tertiary/aromatic N) is 1. The highest BCUT2D eigenvalue weighted by Crippen LogP contribution is 2.56. The summed E-state index contributed by atoms with van der Waals surface area (Å²) < 4.78 is 6.26. The van der Waals surface area contributed by atoms with Gasteiger partial charge in [0, 0.05) is 33.2 Å². The van der Waals surface area contributed by atoms with E-state index in [0.29, 0.717) is 0 Å². The van der Waals surface area contributed by atoms with E-state index in [1.807, 2.05) is 6.07 Å². The Morgan fingerprint density at radius 1 is 0.600 bits per heavy atom. The third kappa shape index (κ3) is 4.54. The lowest BCUT2D eigenvalue weighted by Crippen LogP contribution is -2.17. The van der Waals surface area contributed by atoms with Crippen molar-refractivity contribution in [1.82, 2.24) is 0 Å². The minimum absolute atomic E-state index is 0.0877. The van der Waals surface area contributed by atoms with Crippen LogP contribution in [0.2, 0.25) is 0 Å². The monoisotopic (exact) mass is 649 g/mol. The standard InChI is InChI=1S/C48H43NO/c1-29-8-7-9-32(22-29)38-19-15-35(23-30(38)2)49(36-17-21-47-43(27-36)41-10-5-6-11-46(41)50-47)37-16-20-40-39-18-14-34(42-25-31-12-13-33(42)24-31)26-44(39)48(3,4)45(40)28-37/h5-11,14-23,26-28,31,33,42H,12-13,24-25H2,1-4H3. The topological polar surface area (TPSA) is 16.4 Å². The summed E-state index contributed by atoms with van der Waals surface area (Å²) in [6.07, 6.45) is 5.69. The Morgan fingerprint density at radius 2 is 1.32 bits per heavy atom. The maximum Gasteiger partial charge on any atom is 0.135 e. The van der Waals surface area contributed by atoms with Gasteiger partial charge in [-0.3, -0.25) is 0 Å². The van der Waals surface area contributed by atoms with E-state index in [0.717, 1.165) is 51.1 Å². The average Bonchev–Trinajstić information content (AvgIpc) is 3.90. The number of rotatable bonds is 5. The minimum atomic E-state index is -0.0877. The molecule has 1 heterocycles. The summed E-state index contributed by atoms with van der Waals surface area (Å²) in [6.45, 7) is 9.27. The first-order chi connectivity index (χ1) is 24.3. The third-order valence-electron chi connectivity index (χ3n) is 12.5. The van der Waals surface area contributed by atoms with Crippen molar-refractivity contribution in [3.8, 4) is 22.3 Å². The lowest BCUT2D eigenvalue weighted by Gasteiger charge is -2.29. The molecule has 6 aromatic carbocycles. The van der Waals surface area contributed by atoms with E-state index in [-0.39, 0.29) is 5.41 Å². The van der Waals surface area contributed by atoms with Gasteiger partial charge in [-0.25, -0.2) is 0 Å². The van der Waals surface area contributed by atoms with E-state index in [1.165, 1.54) is 75.9 Å². The molecule has 3 atom stereocenters. The molecule has 7 aromatic rings. The van der Waals surface area contributed by atoms with Crippen molar-refractivity contribution in [2.45, 2.75) is 64.7 Å². The first-order valence-corrected chi connectivity index (χ1v) is 18.5. The van der Waals surface area contributed by atoms with Gasteiger partial charge in [0.2, 0.25) is 0 Å². The first kappa shape index (κ1) is 29.8. The van der Waals surface area contributed by atoms with Gasteiger partial charge in [0.25, 0.3) is 0 Å². The molecule has 10 rings (SSSR count). The molecule has 2 bridgehead atoms. The number of hydrogen-bond acceptors (Lipinski definition) is 2. The summed E-state index contributed by atoms with van der Waals surface area (Å²) in [7, 11) is 0. The van der Waals surface area contributed by atoms with Crippen molar-refractivity contribution in [2.75, 3.05) is 4.90 Å². The van der Waals surface area contributed by atoms with Crippen LogP contribution in [0.25, 0.3) is 44.2 Å². The number of aryl methyl sites for hydroxylation is 2. The second-order valence-corrected chi connectivity index (χ2v) is 15.9. The number of hydrogen-bond donors (Lipinski definition) is 0. The maximum absolute atomic E-state index is 6.26. The minimum Gasteiger partial charge on any atom is -0.456 e. The summed E-state index contributed by atoms with van der Waals surface area (Å²) in [6, 6.07) is 45.4. The zero-order valence-electron chi connectivity index (χ0n) is 29.5. The first-order valence-electron chi connectivity index (χ1n) is 18.5. The normalized spacial score (nSPS) is 20.0. The molecule has 0 radical (unpaired) electrons. The molecular weight excluding hydrogens is 607 g/mol. The zero-order chi connectivity index (χ0) is 33.7. The largest absolute Gasteiger partial charge is 0.456 e. The Bertz CT molecular complexity index is 2480. The molecule has 0 N–H and O–H groups in total. The van der Waals surface area contributed by atoms with Gasteiger partial charge in [0.1, 0.15) is 11.2 Å². The Hall–Kier alpha value is -5.08. The van der Waals surface area contributed by atoms with Gasteiger partial charge < -0.3 is 9.32 Å². The third-order valence-corrected chi connectivity index (χ3v) is 12.5. The summed E-state index contributed by atoms with van der Waals surface area (Å²) in [5.41, 5.74) is 17.5. The van der Waals surface area contributed by atoms with Crippen LogP contribution in [-0.4, -0.2) is 0 Å². The molecule has 3 aliphatic rings. The average molecular weight is 650 g/mol. The summed E-state index contributed by atoms with van der Waals surface area (Å²) >= 11 is 0. The van der Waals surface area contributed by atoms with Crippen LogP contribution in [0.15, 0.2) is 126 Å². The summed E-state index contributed by atoms with van der Waals surface area (Å²) in [4.78, 5) is 2.44. The molecule has 3 unspecified atom stereocenters. The van der Waals surface area contributed by atoms with E-state index in [9.17, 15) is 0 Å². The second-order valence-electron chi connectivity index (χ2n) is 15.9. The van der Waals surface area contributed by atoms with Gasteiger partial charge in [-0.1, -0.05) is 98.6 Å². The molecule has 0 aliphatic heterocycles. The molecule has 2 nitrogen and oxygen atoms in total. The van der Waals surface area contributed by atoms with Crippen molar-refractivity contribution in [3.63, 3.8) is 0 Å². The van der Waals surface area contributed by atoms with Crippen molar-refractivity contribution >= 4 is 39.0 Å². The van der Waals surface area contributed by atoms with E-state index in [4.69, 9.17) is 4.42 Å². The molecule has 1 aromatic heterocycles. The highest BCUT2D eigenvalue weighted by Gasteiger charge is 2.42. The van der Waals surface area contributed by atoms with Crippen LogP contribution in [0, 0.1) is 25.7 Å². The molecule has 0 saturated heterocycles. The summed E-state index contributed by atoms with van der Waals surface area (Å²) in [5, 5.41) is 2.28. The van der Waals surface area contributed by atoms with E-state index < -0.39 is 0 Å². The molecule has 2 heteroatoms. The SMILES string of the molecule is Cc1cccc(-c2ccc(N(c3ccc4c(c3)C(C)(C)c3cc(C5CC6CCC5C6)ccc3-4)c3ccc4oc5ccccc5c4c3)cc2C)c1. The van der Waals surface area contributed by atoms with Crippen molar-refractivity contribution in [1.29, 1.82) is 0 Å². The van der Waals surface area contributed by atoms with E-state index in [2.05, 4.69) is 148 Å². The number of furan rings is 1. The van der Waals surface area contributed by atoms with Crippen LogP contribution < -0.4 is 4.90 Å². The summed E-state index contributed by atoms with van der Waals surface area (Å²) in [5.74, 6) is 2.57. The molecule has 2 fully saturated rings. The molecule has 50 heavy (non-hydrogen) atoms. The molecule has 3 aliphatic carbocycles. The van der Waals surface area contributed by atoms with Crippen molar-refractivity contribution < 1.29 is 4.42 Å². The van der Waals surface area contributed by atoms with Gasteiger partial charge in [-0.2, -0.15) is 0 Å². The van der Waals surface area contributed by atoms with Crippen LogP contribution in [0.5, 0.6) is 0 Å². The fourth-order valence-electron chi connectivity index (χ4n) is 9.99. The fraction of sp³-hybridized carbons (Fsp3) is 0.250. The van der Waals surface area contributed by atoms with Crippen LogP contribution in [0.3, 0.4) is 0 Å². The van der Waals surface area contributed by atoms with Crippen LogP contribution >= 0.6 is 0 Å². The molecule has 0 amide bonds. The van der Waals surface area contributed by atoms with Crippen LogP contribution in [0.1, 0.15) is 73.3 Å². The molecule has 246 valence electrons. The Balaban J connectivity index is 1.11. The van der Waals surface area contributed by atoms with Gasteiger partial charge in [0.15, 0.2) is 0 Å². The number of fused-ring (bicyclic) bond motifs is 8. The van der Waals surface area contributed by atoms with Crippen molar-refractivity contribution in [3.05, 3.63) is 149 Å². The quantitative estimate of drug-likeness (QED) is 0.184. The highest BCUT2D eigenvalue weighted by molar-refractivity contribution is 6.06. The Morgan fingerprint density at radius 3 is 2.10 bits per heavy atom. The van der Waals surface area contributed by atoms with Crippen LogP contribution in [0.4, 0.5) is 17.1 Å². The number of anilines is 3. The van der Waals surface area contributed by atoms with Crippen LogP contribution in [-0.2, 0) is 5.41 Å². The van der Waals surface area contributed by atoms with Crippen molar-refractivity contribution in [2.24, 2.45) is 11.8 Å². The Labute approximate surface area is 295 Å². The second kappa shape index (κ2) is 11.0. The van der Waals surface area contributed by atoms with Gasteiger partial charge in [-0.05, 0) is 144 Å². The highest BCUT2D eigenvalue weighted by atomic mass is 16.3. The van der Waals surface area contributed by atoms with E-state index >= 15 is 0 Å². The van der Waals surface area contributed by atoms with Gasteiger partial charge in [0.05, 0.1) is 0 Å². The Kier molecular flexibility index (Phi) is 6.53. The van der Waals surface area contributed by atoms with Gasteiger partial charge >= 0.3 is 0 Å².